The van der Waals surface area contributed by atoms with Crippen molar-refractivity contribution in [3.05, 3.63) is 46.0 Å². The number of hydrogen-bond donors (Lipinski definition) is 0. The van der Waals surface area contributed by atoms with Gasteiger partial charge in [0.05, 0.1) is 18.1 Å². The fraction of sp³-hybridized carbons (Fsp3) is 0.474. The monoisotopic (exact) mass is 373 g/mol. The second kappa shape index (κ2) is 8.77. The topological polar surface area (TPSA) is 93.0 Å². The van der Waals surface area contributed by atoms with E-state index in [2.05, 4.69) is 0 Å². The van der Waals surface area contributed by atoms with Crippen LogP contribution in [0, 0.1) is 16.0 Å². The summed E-state index contributed by atoms with van der Waals surface area (Å²) >= 11 is 0. The van der Waals surface area contributed by atoms with Crippen LogP contribution >= 0.6 is 0 Å². The lowest BCUT2D eigenvalue weighted by atomic mass is 9.95. The molecule has 0 aliphatic carbocycles. The third-order valence-corrected chi connectivity index (χ3v) is 5.00. The Kier molecular flexibility index (Phi) is 6.18. The van der Waals surface area contributed by atoms with Gasteiger partial charge in [0.15, 0.2) is 0 Å². The van der Waals surface area contributed by atoms with Gasteiger partial charge in [-0.25, -0.2) is 0 Å². The van der Waals surface area contributed by atoms with Crippen LogP contribution in [0.5, 0.6) is 0 Å². The molecule has 8 nitrogen and oxygen atoms in total. The number of benzene rings is 1. The van der Waals surface area contributed by atoms with E-state index < -0.39 is 4.92 Å². The normalized spacial score (nSPS) is 18.7. The molecule has 0 aromatic heterocycles. The van der Waals surface area contributed by atoms with Gasteiger partial charge in [0.2, 0.25) is 11.8 Å². The quantitative estimate of drug-likeness (QED) is 0.455. The number of piperidine rings is 1. The van der Waals surface area contributed by atoms with E-state index in [9.17, 15) is 19.7 Å². The first kappa shape index (κ1) is 19.0. The second-order valence-corrected chi connectivity index (χ2v) is 6.72. The van der Waals surface area contributed by atoms with E-state index in [1.54, 1.807) is 23.1 Å². The number of amides is 2. The van der Waals surface area contributed by atoms with Crippen LogP contribution in [0.25, 0.3) is 6.08 Å². The lowest BCUT2D eigenvalue weighted by Gasteiger charge is -2.35. The minimum absolute atomic E-state index is 0.0190. The first-order chi connectivity index (χ1) is 13.0. The average Bonchev–Trinajstić information content (AvgIpc) is 2.72. The maximum Gasteiger partial charge on any atom is 0.269 e. The summed E-state index contributed by atoms with van der Waals surface area (Å²) in [5.74, 6) is 0.0447. The van der Waals surface area contributed by atoms with Gasteiger partial charge in [0, 0.05) is 50.3 Å². The summed E-state index contributed by atoms with van der Waals surface area (Å²) in [5, 5.41) is 10.7. The summed E-state index contributed by atoms with van der Waals surface area (Å²) < 4.78 is 5.28. The zero-order chi connectivity index (χ0) is 19.2. The third kappa shape index (κ3) is 4.91. The van der Waals surface area contributed by atoms with Gasteiger partial charge in [-0.3, -0.25) is 19.7 Å². The Morgan fingerprint density at radius 2 is 1.67 bits per heavy atom. The number of nitro benzene ring substituents is 1. The van der Waals surface area contributed by atoms with E-state index in [0.29, 0.717) is 52.2 Å². The van der Waals surface area contributed by atoms with Crippen molar-refractivity contribution in [3.8, 4) is 0 Å². The predicted octanol–water partition coefficient (Wildman–Crippen LogP) is 1.71. The highest BCUT2D eigenvalue weighted by Gasteiger charge is 2.30. The number of hydrogen-bond acceptors (Lipinski definition) is 5. The molecule has 27 heavy (non-hydrogen) atoms. The summed E-state index contributed by atoms with van der Waals surface area (Å²) in [6.07, 6.45) is 4.48. The SMILES string of the molecule is O=C(/C=C/c1ccc([N+](=O)[O-])cc1)N1CCC(C(=O)N2CCOCC2)CC1. The fourth-order valence-electron chi connectivity index (χ4n) is 3.37. The van der Waals surface area contributed by atoms with Gasteiger partial charge in [-0.15, -0.1) is 0 Å². The van der Waals surface area contributed by atoms with E-state index in [-0.39, 0.29) is 23.4 Å². The zero-order valence-electron chi connectivity index (χ0n) is 15.1. The zero-order valence-corrected chi connectivity index (χ0v) is 15.1. The molecule has 0 atom stereocenters. The minimum Gasteiger partial charge on any atom is -0.378 e. The van der Waals surface area contributed by atoms with E-state index in [1.165, 1.54) is 18.2 Å². The van der Waals surface area contributed by atoms with Crippen LogP contribution in [0.3, 0.4) is 0 Å². The molecule has 0 radical (unpaired) electrons. The Morgan fingerprint density at radius 3 is 2.26 bits per heavy atom. The van der Waals surface area contributed by atoms with Gasteiger partial charge in [0.1, 0.15) is 0 Å². The Balaban J connectivity index is 1.49. The summed E-state index contributed by atoms with van der Waals surface area (Å²) in [4.78, 5) is 38.7. The first-order valence-corrected chi connectivity index (χ1v) is 9.12. The summed E-state index contributed by atoms with van der Waals surface area (Å²) in [6.45, 7) is 3.60. The molecule has 2 fully saturated rings. The molecule has 0 bridgehead atoms. The van der Waals surface area contributed by atoms with Crippen LogP contribution in [0.4, 0.5) is 5.69 Å². The van der Waals surface area contributed by atoms with Crippen molar-refractivity contribution in [2.75, 3.05) is 39.4 Å². The highest BCUT2D eigenvalue weighted by molar-refractivity contribution is 5.92. The number of rotatable bonds is 4. The summed E-state index contributed by atoms with van der Waals surface area (Å²) in [5.41, 5.74) is 0.747. The minimum atomic E-state index is -0.457. The molecule has 2 aliphatic heterocycles. The van der Waals surface area contributed by atoms with Crippen molar-refractivity contribution >= 4 is 23.6 Å². The predicted molar refractivity (Wildman–Crippen MR) is 98.8 cm³/mol. The van der Waals surface area contributed by atoms with Crippen LogP contribution in [-0.2, 0) is 14.3 Å². The Hall–Kier alpha value is -2.74. The van der Waals surface area contributed by atoms with Crippen LogP contribution in [0.2, 0.25) is 0 Å². The van der Waals surface area contributed by atoms with Crippen LogP contribution in [0.1, 0.15) is 18.4 Å². The lowest BCUT2D eigenvalue weighted by molar-refractivity contribution is -0.384. The van der Waals surface area contributed by atoms with Gasteiger partial charge in [-0.2, -0.15) is 0 Å². The Morgan fingerprint density at radius 1 is 1.04 bits per heavy atom. The van der Waals surface area contributed by atoms with Gasteiger partial charge in [-0.05, 0) is 36.6 Å². The van der Waals surface area contributed by atoms with Gasteiger partial charge in [-0.1, -0.05) is 0 Å². The molecule has 2 amide bonds. The molecule has 0 N–H and O–H groups in total. The number of morpholine rings is 1. The lowest BCUT2D eigenvalue weighted by Crippen LogP contribution is -2.47. The number of likely N-dealkylation sites (tertiary alicyclic amines) is 1. The van der Waals surface area contributed by atoms with Crippen LogP contribution in [-0.4, -0.2) is 65.9 Å². The van der Waals surface area contributed by atoms with Crippen molar-refractivity contribution < 1.29 is 19.2 Å². The smallest absolute Gasteiger partial charge is 0.269 e. The van der Waals surface area contributed by atoms with E-state index in [4.69, 9.17) is 4.74 Å². The summed E-state index contributed by atoms with van der Waals surface area (Å²) in [7, 11) is 0. The number of carbonyl (C=O) groups is 2. The van der Waals surface area contributed by atoms with E-state index in [0.717, 1.165) is 5.56 Å². The Labute approximate surface area is 157 Å². The van der Waals surface area contributed by atoms with E-state index >= 15 is 0 Å². The third-order valence-electron chi connectivity index (χ3n) is 5.00. The van der Waals surface area contributed by atoms with Crippen LogP contribution in [0.15, 0.2) is 30.3 Å². The molecular formula is C19H23N3O5. The Bertz CT molecular complexity index is 717. The molecule has 3 rings (SSSR count). The van der Waals surface area contributed by atoms with Gasteiger partial charge >= 0.3 is 0 Å². The molecule has 144 valence electrons. The molecule has 2 aliphatic rings. The van der Waals surface area contributed by atoms with Gasteiger partial charge in [0.25, 0.3) is 5.69 Å². The molecular weight excluding hydrogens is 350 g/mol. The fourth-order valence-corrected chi connectivity index (χ4v) is 3.37. The van der Waals surface area contributed by atoms with Crippen LogP contribution < -0.4 is 0 Å². The average molecular weight is 373 g/mol. The van der Waals surface area contributed by atoms with E-state index in [1.807, 2.05) is 4.90 Å². The number of ether oxygens (including phenoxy) is 1. The standard InChI is InChI=1S/C19H23N3O5/c23-18(6-3-15-1-4-17(5-2-15)22(25)26)20-9-7-16(8-10-20)19(24)21-11-13-27-14-12-21/h1-6,16H,7-14H2/b6-3+. The van der Waals surface area contributed by atoms with Crippen molar-refractivity contribution in [2.45, 2.75) is 12.8 Å². The number of nitro groups is 1. The summed E-state index contributed by atoms with van der Waals surface area (Å²) in [6, 6.07) is 6.03. The molecule has 2 heterocycles. The highest BCUT2D eigenvalue weighted by Crippen LogP contribution is 2.21. The molecule has 2 saturated heterocycles. The maximum absolute atomic E-state index is 12.5. The molecule has 0 unspecified atom stereocenters. The number of non-ortho nitro benzene ring substituents is 1. The van der Waals surface area contributed by atoms with Crippen molar-refractivity contribution in [3.63, 3.8) is 0 Å². The number of nitrogens with zero attached hydrogens (tertiary/aromatic N) is 3. The maximum atomic E-state index is 12.5. The molecule has 0 spiro atoms. The largest absolute Gasteiger partial charge is 0.378 e. The highest BCUT2D eigenvalue weighted by atomic mass is 16.6. The van der Waals surface area contributed by atoms with Crippen molar-refractivity contribution in [2.24, 2.45) is 5.92 Å². The van der Waals surface area contributed by atoms with Crippen molar-refractivity contribution in [1.82, 2.24) is 9.80 Å². The number of carbonyl (C=O) groups excluding carboxylic acids is 2. The molecule has 1 aromatic rings. The second-order valence-electron chi connectivity index (χ2n) is 6.72. The first-order valence-electron chi connectivity index (χ1n) is 9.12. The molecule has 1 aromatic carbocycles. The van der Waals surface area contributed by atoms with Crippen molar-refractivity contribution in [1.29, 1.82) is 0 Å². The molecule has 0 saturated carbocycles. The van der Waals surface area contributed by atoms with Gasteiger partial charge < -0.3 is 14.5 Å². The molecule has 8 heteroatoms.